The molecule has 2 aliphatic rings. The highest BCUT2D eigenvalue weighted by atomic mass is 35.5. The molecule has 0 spiro atoms. The van der Waals surface area contributed by atoms with Gasteiger partial charge in [0.15, 0.2) is 0 Å². The normalized spacial score (nSPS) is 20.5. The second kappa shape index (κ2) is 11.5. The first-order chi connectivity index (χ1) is 20.4. The first-order valence-electron chi connectivity index (χ1n) is 13.7. The number of benzene rings is 3. The molecule has 2 aliphatic heterocycles. The van der Waals surface area contributed by atoms with Gasteiger partial charge in [0.2, 0.25) is 5.82 Å². The van der Waals surface area contributed by atoms with Gasteiger partial charge in [-0.1, -0.05) is 41.9 Å². The monoisotopic (exact) mass is 589 g/mol. The molecule has 0 saturated carbocycles. The molecular formula is C30H28ClF2N8O+. The van der Waals surface area contributed by atoms with E-state index in [1.54, 1.807) is 6.07 Å². The van der Waals surface area contributed by atoms with Gasteiger partial charge >= 0.3 is 6.03 Å². The summed E-state index contributed by atoms with van der Waals surface area (Å²) in [5, 5.41) is 22.7. The topological polar surface area (TPSA) is 90.9 Å². The molecule has 42 heavy (non-hydrogen) atoms. The average Bonchev–Trinajstić information content (AvgIpc) is 3.67. The van der Waals surface area contributed by atoms with Gasteiger partial charge in [-0.05, 0) is 35.5 Å². The van der Waals surface area contributed by atoms with Crippen molar-refractivity contribution in [2.75, 3.05) is 44.2 Å². The number of aromatic nitrogens is 4. The molecule has 3 aromatic carbocycles. The number of para-hydroxylation sites is 1. The maximum atomic E-state index is 14.4. The minimum Gasteiger partial charge on any atom is -0.367 e. The van der Waals surface area contributed by atoms with Crippen molar-refractivity contribution in [3.8, 4) is 17.5 Å². The number of carbonyl (C=O) groups excluding carboxylic acids is 1. The van der Waals surface area contributed by atoms with Crippen LogP contribution in [0.15, 0.2) is 66.7 Å². The smallest absolute Gasteiger partial charge is 0.367 e. The van der Waals surface area contributed by atoms with E-state index < -0.39 is 11.6 Å². The van der Waals surface area contributed by atoms with E-state index in [4.69, 9.17) is 11.6 Å². The molecule has 4 aromatic rings. The lowest BCUT2D eigenvalue weighted by atomic mass is 10.1. The van der Waals surface area contributed by atoms with Crippen molar-refractivity contribution < 1.29 is 18.1 Å². The van der Waals surface area contributed by atoms with Gasteiger partial charge in [-0.3, -0.25) is 4.90 Å². The van der Waals surface area contributed by atoms with Gasteiger partial charge in [-0.25, -0.2) is 18.1 Å². The van der Waals surface area contributed by atoms with Crippen molar-refractivity contribution in [1.29, 1.82) is 5.26 Å². The highest BCUT2D eigenvalue weighted by molar-refractivity contribution is 6.31. The number of nitrogens with zero attached hydrogens (tertiary/aromatic N) is 8. The zero-order valence-electron chi connectivity index (χ0n) is 22.7. The summed E-state index contributed by atoms with van der Waals surface area (Å²) < 4.78 is 27.9. The van der Waals surface area contributed by atoms with Crippen molar-refractivity contribution in [2.45, 2.75) is 19.0 Å². The number of nitriles is 1. The lowest BCUT2D eigenvalue weighted by molar-refractivity contribution is -0.856. The number of halogens is 3. The van der Waals surface area contributed by atoms with Crippen LogP contribution < -0.4 is 4.90 Å². The van der Waals surface area contributed by atoms with E-state index in [0.717, 1.165) is 23.4 Å². The first kappa shape index (κ1) is 27.8. The Kier molecular flexibility index (Phi) is 7.58. The lowest BCUT2D eigenvalue weighted by Gasteiger charge is -2.41. The first-order valence-corrected chi connectivity index (χ1v) is 14.1. The van der Waals surface area contributed by atoms with Crippen LogP contribution in [0.25, 0.3) is 11.4 Å². The quantitative estimate of drug-likeness (QED) is 0.303. The van der Waals surface area contributed by atoms with Crippen molar-refractivity contribution in [2.24, 2.45) is 0 Å². The minimum absolute atomic E-state index is 0.00411. The number of amides is 2. The van der Waals surface area contributed by atoms with Gasteiger partial charge in [-0.2, -0.15) is 10.1 Å². The van der Waals surface area contributed by atoms with Crippen LogP contribution in [0.2, 0.25) is 5.02 Å². The number of quaternary nitrogens is 1. The molecule has 12 heteroatoms. The van der Waals surface area contributed by atoms with E-state index in [1.165, 1.54) is 10.9 Å². The molecule has 2 fully saturated rings. The predicted octanol–water partition coefficient (Wildman–Crippen LogP) is 5.05. The molecule has 0 N–H and O–H groups in total. The van der Waals surface area contributed by atoms with Crippen molar-refractivity contribution in [3.05, 3.63) is 94.5 Å². The third kappa shape index (κ3) is 5.31. The number of likely N-dealkylation sites (tertiary alicyclic amines) is 1. The van der Waals surface area contributed by atoms with Gasteiger partial charge < -0.3 is 4.90 Å². The number of hydrogen-bond donors (Lipinski definition) is 0. The van der Waals surface area contributed by atoms with E-state index in [1.807, 2.05) is 47.4 Å². The van der Waals surface area contributed by atoms with E-state index >= 15 is 0 Å². The molecule has 1 aromatic heterocycles. The number of carbonyl (C=O) groups is 1. The van der Waals surface area contributed by atoms with Gasteiger partial charge in [0.25, 0.3) is 0 Å². The summed E-state index contributed by atoms with van der Waals surface area (Å²) in [5.74, 6) is -1.39. The van der Waals surface area contributed by atoms with Gasteiger partial charge in [0.05, 0.1) is 23.4 Å². The zero-order chi connectivity index (χ0) is 29.3. The Balaban J connectivity index is 1.24. The van der Waals surface area contributed by atoms with Crippen molar-refractivity contribution in [1.82, 2.24) is 25.1 Å². The van der Waals surface area contributed by atoms with Gasteiger partial charge in [0, 0.05) is 49.3 Å². The summed E-state index contributed by atoms with van der Waals surface area (Å²) in [7, 11) is 0. The standard InChI is InChI=1S/C30H28ClF2N8O/c31-26-7-3-1-6-22(26)19-41(30(42)39-14-12-38(13-15-39)28-8-4-2-5-21(28)18-34)16-11-24(20-41)40-36-29(35-37-40)25-10-9-23(32)17-27(25)33/h1-10,17,24H,11-16,19-20H2/q+1/t24-,41?/m0/s1. The summed E-state index contributed by atoms with van der Waals surface area (Å²) in [4.78, 5) is 19.8. The molecule has 9 nitrogen and oxygen atoms in total. The third-order valence-electron chi connectivity index (χ3n) is 8.13. The number of tetrazole rings is 1. The highest BCUT2D eigenvalue weighted by Crippen LogP contribution is 2.34. The third-order valence-corrected chi connectivity index (χ3v) is 8.50. The molecule has 3 heterocycles. The van der Waals surface area contributed by atoms with E-state index in [0.29, 0.717) is 62.8 Å². The number of hydrogen-bond acceptors (Lipinski definition) is 6. The van der Waals surface area contributed by atoms with E-state index in [9.17, 15) is 18.8 Å². The van der Waals surface area contributed by atoms with Gasteiger partial charge in [0.1, 0.15) is 36.8 Å². The number of piperazine rings is 1. The molecular weight excluding hydrogens is 562 g/mol. The second-order valence-electron chi connectivity index (χ2n) is 10.7. The lowest BCUT2D eigenvalue weighted by Crippen LogP contribution is -2.60. The van der Waals surface area contributed by atoms with E-state index in [2.05, 4.69) is 26.4 Å². The van der Waals surface area contributed by atoms with Crippen molar-refractivity contribution in [3.63, 3.8) is 0 Å². The summed E-state index contributed by atoms with van der Waals surface area (Å²) in [6.45, 7) is 3.59. The molecule has 0 bridgehead atoms. The summed E-state index contributed by atoms with van der Waals surface area (Å²) in [6.07, 6.45) is 0.605. The van der Waals surface area contributed by atoms with Crippen LogP contribution in [-0.4, -0.2) is 74.9 Å². The molecule has 2 amide bonds. The largest absolute Gasteiger partial charge is 0.419 e. The Morgan fingerprint density at radius 2 is 1.81 bits per heavy atom. The van der Waals surface area contributed by atoms with Crippen LogP contribution in [0.1, 0.15) is 23.6 Å². The van der Waals surface area contributed by atoms with Crippen molar-refractivity contribution >= 4 is 23.3 Å². The van der Waals surface area contributed by atoms with Crippen LogP contribution >= 0.6 is 11.6 Å². The van der Waals surface area contributed by atoms with Gasteiger partial charge in [-0.15, -0.1) is 10.2 Å². The summed E-state index contributed by atoms with van der Waals surface area (Å²) in [5.41, 5.74) is 2.42. The molecule has 1 unspecified atom stereocenters. The summed E-state index contributed by atoms with van der Waals surface area (Å²) in [6, 6.07) is 20.2. The Morgan fingerprint density at radius 3 is 2.57 bits per heavy atom. The zero-order valence-corrected chi connectivity index (χ0v) is 23.5. The molecule has 214 valence electrons. The number of anilines is 1. The number of urea groups is 1. The second-order valence-corrected chi connectivity index (χ2v) is 11.1. The summed E-state index contributed by atoms with van der Waals surface area (Å²) >= 11 is 6.55. The molecule has 6 rings (SSSR count). The fourth-order valence-electron chi connectivity index (χ4n) is 5.95. The van der Waals surface area contributed by atoms with Crippen LogP contribution in [0.3, 0.4) is 0 Å². The van der Waals surface area contributed by atoms with Crippen LogP contribution in [0, 0.1) is 23.0 Å². The molecule has 2 saturated heterocycles. The predicted molar refractivity (Wildman–Crippen MR) is 152 cm³/mol. The molecule has 0 aliphatic carbocycles. The maximum absolute atomic E-state index is 14.4. The maximum Gasteiger partial charge on any atom is 0.419 e. The fraction of sp³-hybridized carbons (Fsp3) is 0.300. The van der Waals surface area contributed by atoms with E-state index in [-0.39, 0.29) is 27.9 Å². The fourth-order valence-corrected chi connectivity index (χ4v) is 6.14. The Bertz CT molecular complexity index is 1670. The average molecular weight is 590 g/mol. The van der Waals surface area contributed by atoms with Crippen LogP contribution in [0.5, 0.6) is 0 Å². The Hall–Kier alpha value is -4.40. The Labute approximate surface area is 246 Å². The molecule has 0 radical (unpaired) electrons. The number of rotatable bonds is 5. The minimum atomic E-state index is -0.767. The molecule has 2 atom stereocenters. The highest BCUT2D eigenvalue weighted by Gasteiger charge is 2.49. The van der Waals surface area contributed by atoms with Crippen LogP contribution in [-0.2, 0) is 6.54 Å². The Morgan fingerprint density at radius 1 is 1.05 bits per heavy atom. The van der Waals surface area contributed by atoms with Crippen LogP contribution in [0.4, 0.5) is 19.3 Å². The SMILES string of the molecule is N#Cc1ccccc1N1CCN(C(=O)[N+]2(Cc3ccccc3Cl)CC[C@H](n3nnc(-c4ccc(F)cc4F)n3)C2)CC1.